The molecule has 0 amide bonds. The zero-order valence-corrected chi connectivity index (χ0v) is 8.22. The number of thiophene rings is 1. The zero-order valence-electron chi connectivity index (χ0n) is 5.89. The molecule has 60 valence electrons. The molecule has 0 saturated heterocycles. The molecule has 0 aliphatic heterocycles. The topological polar surface area (TPSA) is 0 Å². The van der Waals surface area contributed by atoms with E-state index in [0.717, 1.165) is 16.3 Å². The Morgan fingerprint density at radius 1 is 1.55 bits per heavy atom. The Labute approximate surface area is 80.4 Å². The van der Waals surface area contributed by atoms with Crippen LogP contribution < -0.4 is 0 Å². The summed E-state index contributed by atoms with van der Waals surface area (Å²) in [5.41, 5.74) is 0. The van der Waals surface area contributed by atoms with Crippen molar-refractivity contribution in [3.05, 3.63) is 27.4 Å². The Morgan fingerprint density at radius 3 is 2.91 bits per heavy atom. The van der Waals surface area contributed by atoms with Crippen LogP contribution >= 0.6 is 34.5 Å². The van der Waals surface area contributed by atoms with Gasteiger partial charge in [0, 0.05) is 10.8 Å². The summed E-state index contributed by atoms with van der Waals surface area (Å²) in [5, 5.41) is 2.80. The summed E-state index contributed by atoms with van der Waals surface area (Å²) in [5.74, 6) is 0.666. The number of rotatable bonds is 3. The monoisotopic (exact) mass is 206 g/mol. The van der Waals surface area contributed by atoms with Crippen LogP contribution in [0.2, 0.25) is 5.02 Å². The van der Waals surface area contributed by atoms with Crippen molar-refractivity contribution in [2.75, 3.05) is 5.88 Å². The fourth-order valence-electron chi connectivity index (χ4n) is 0.678. The summed E-state index contributed by atoms with van der Waals surface area (Å²) < 4.78 is 0. The quantitative estimate of drug-likeness (QED) is 0.656. The van der Waals surface area contributed by atoms with Crippen LogP contribution in [0.5, 0.6) is 0 Å². The maximum absolute atomic E-state index is 5.84. The molecular weight excluding hydrogens is 199 g/mol. The minimum Gasteiger partial charge on any atom is -0.143 e. The van der Waals surface area contributed by atoms with Crippen LogP contribution in [0.3, 0.4) is 0 Å². The van der Waals surface area contributed by atoms with Crippen molar-refractivity contribution in [2.24, 2.45) is 0 Å². The average molecular weight is 207 g/mol. The summed E-state index contributed by atoms with van der Waals surface area (Å²) in [6, 6.07) is 1.90. The van der Waals surface area contributed by atoms with E-state index < -0.39 is 0 Å². The predicted octanol–water partition coefficient (Wildman–Crippen LogP) is 4.04. The van der Waals surface area contributed by atoms with Gasteiger partial charge in [-0.2, -0.15) is 0 Å². The number of hydrogen-bond acceptors (Lipinski definition) is 1. The van der Waals surface area contributed by atoms with Crippen LogP contribution in [0, 0.1) is 0 Å². The van der Waals surface area contributed by atoms with Crippen molar-refractivity contribution in [3.8, 4) is 0 Å². The van der Waals surface area contributed by atoms with Gasteiger partial charge in [0.05, 0.1) is 5.02 Å². The van der Waals surface area contributed by atoms with Gasteiger partial charge < -0.3 is 0 Å². The molecular formula is C8H8Cl2S. The van der Waals surface area contributed by atoms with E-state index in [1.807, 2.05) is 23.6 Å². The molecule has 0 spiro atoms. The van der Waals surface area contributed by atoms with E-state index in [9.17, 15) is 0 Å². The molecule has 0 aliphatic rings. The fraction of sp³-hybridized carbons (Fsp3) is 0.250. The number of allylic oxidation sites excluding steroid dienone is 1. The van der Waals surface area contributed by atoms with Gasteiger partial charge in [-0.1, -0.05) is 17.7 Å². The normalized spacial score (nSPS) is 11.1. The standard InChI is InChI=1S/C8H8Cl2S/c9-5-2-1-3-8-7(10)4-6-11-8/h1,3-4,6H,2,5H2/b3-1+. The highest BCUT2D eigenvalue weighted by atomic mass is 35.5. The van der Waals surface area contributed by atoms with Crippen molar-refractivity contribution >= 4 is 40.6 Å². The molecule has 0 saturated carbocycles. The maximum atomic E-state index is 5.84. The summed E-state index contributed by atoms with van der Waals surface area (Å²) in [4.78, 5) is 1.11. The summed E-state index contributed by atoms with van der Waals surface area (Å²) >= 11 is 13.0. The molecule has 0 aliphatic carbocycles. The molecule has 1 aromatic rings. The lowest BCUT2D eigenvalue weighted by Crippen LogP contribution is -1.66. The second kappa shape index (κ2) is 4.81. The third-order valence-corrected chi connectivity index (χ3v) is 2.73. The molecule has 0 aromatic carbocycles. The first-order chi connectivity index (χ1) is 5.34. The highest BCUT2D eigenvalue weighted by Crippen LogP contribution is 2.23. The molecule has 0 fully saturated rings. The Morgan fingerprint density at radius 2 is 2.36 bits per heavy atom. The van der Waals surface area contributed by atoms with Gasteiger partial charge in [0.25, 0.3) is 0 Å². The highest BCUT2D eigenvalue weighted by molar-refractivity contribution is 7.11. The molecule has 0 nitrogen and oxygen atoms in total. The van der Waals surface area contributed by atoms with Gasteiger partial charge in [-0.15, -0.1) is 22.9 Å². The molecule has 0 atom stereocenters. The van der Waals surface area contributed by atoms with Gasteiger partial charge in [-0.25, -0.2) is 0 Å². The Balaban J connectivity index is 2.56. The van der Waals surface area contributed by atoms with Gasteiger partial charge in [0.15, 0.2) is 0 Å². The second-order valence-corrected chi connectivity index (χ2v) is 3.75. The van der Waals surface area contributed by atoms with E-state index in [1.54, 1.807) is 11.3 Å². The Bertz CT molecular complexity index is 240. The van der Waals surface area contributed by atoms with Crippen molar-refractivity contribution in [1.82, 2.24) is 0 Å². The van der Waals surface area contributed by atoms with Crippen LogP contribution in [-0.4, -0.2) is 5.88 Å². The number of halogens is 2. The largest absolute Gasteiger partial charge is 0.143 e. The first-order valence-corrected chi connectivity index (χ1v) is 5.09. The lowest BCUT2D eigenvalue weighted by molar-refractivity contribution is 1.25. The first kappa shape index (κ1) is 9.11. The molecule has 1 rings (SSSR count). The van der Waals surface area contributed by atoms with Crippen LogP contribution in [0.1, 0.15) is 11.3 Å². The van der Waals surface area contributed by atoms with Crippen LogP contribution in [0.4, 0.5) is 0 Å². The molecule has 0 N–H and O–H groups in total. The van der Waals surface area contributed by atoms with Crippen molar-refractivity contribution in [2.45, 2.75) is 6.42 Å². The Kier molecular flexibility index (Phi) is 3.98. The second-order valence-electron chi connectivity index (χ2n) is 2.01. The van der Waals surface area contributed by atoms with Gasteiger partial charge in [-0.05, 0) is 23.9 Å². The van der Waals surface area contributed by atoms with Crippen molar-refractivity contribution < 1.29 is 0 Å². The van der Waals surface area contributed by atoms with E-state index in [0.29, 0.717) is 5.88 Å². The Hall–Kier alpha value is 0.0200. The maximum Gasteiger partial charge on any atom is 0.0585 e. The molecule has 3 heteroatoms. The molecule has 0 radical (unpaired) electrons. The van der Waals surface area contributed by atoms with Gasteiger partial charge in [0.1, 0.15) is 0 Å². The van der Waals surface area contributed by atoms with Gasteiger partial charge in [0.2, 0.25) is 0 Å². The van der Waals surface area contributed by atoms with E-state index in [1.165, 1.54) is 0 Å². The van der Waals surface area contributed by atoms with Crippen LogP contribution in [0.25, 0.3) is 6.08 Å². The van der Waals surface area contributed by atoms with E-state index in [-0.39, 0.29) is 0 Å². The highest BCUT2D eigenvalue weighted by Gasteiger charge is 1.94. The zero-order chi connectivity index (χ0) is 8.10. The first-order valence-electron chi connectivity index (χ1n) is 3.30. The lowest BCUT2D eigenvalue weighted by atomic mass is 10.3. The summed E-state index contributed by atoms with van der Waals surface area (Å²) in [7, 11) is 0. The molecule has 11 heavy (non-hydrogen) atoms. The average Bonchev–Trinajstić information content (AvgIpc) is 2.37. The van der Waals surface area contributed by atoms with E-state index in [2.05, 4.69) is 0 Å². The third kappa shape index (κ3) is 2.86. The SMILES string of the molecule is ClCC/C=C/c1sccc1Cl. The summed E-state index contributed by atoms with van der Waals surface area (Å²) in [6.45, 7) is 0. The minimum atomic E-state index is 0.666. The number of hydrogen-bond donors (Lipinski definition) is 0. The lowest BCUT2D eigenvalue weighted by Gasteiger charge is -1.85. The summed E-state index contributed by atoms with van der Waals surface area (Å²) in [6.07, 6.45) is 4.94. The van der Waals surface area contributed by atoms with Crippen molar-refractivity contribution in [3.63, 3.8) is 0 Å². The molecule has 0 bridgehead atoms. The van der Waals surface area contributed by atoms with Gasteiger partial charge >= 0.3 is 0 Å². The predicted molar refractivity (Wildman–Crippen MR) is 53.7 cm³/mol. The fourth-order valence-corrected chi connectivity index (χ4v) is 1.84. The molecule has 1 heterocycles. The molecule has 1 aromatic heterocycles. The smallest absolute Gasteiger partial charge is 0.0585 e. The van der Waals surface area contributed by atoms with E-state index >= 15 is 0 Å². The van der Waals surface area contributed by atoms with E-state index in [4.69, 9.17) is 23.2 Å². The third-order valence-electron chi connectivity index (χ3n) is 1.19. The molecule has 0 unspecified atom stereocenters. The minimum absolute atomic E-state index is 0.666. The van der Waals surface area contributed by atoms with Gasteiger partial charge in [-0.3, -0.25) is 0 Å². The van der Waals surface area contributed by atoms with Crippen LogP contribution in [0.15, 0.2) is 17.5 Å². The van der Waals surface area contributed by atoms with Crippen molar-refractivity contribution in [1.29, 1.82) is 0 Å². The number of alkyl halides is 1. The van der Waals surface area contributed by atoms with Crippen LogP contribution in [-0.2, 0) is 0 Å².